The number of hydrogen-bond acceptors (Lipinski definition) is 4. The number of piperidine rings is 1. The second kappa shape index (κ2) is 6.33. The largest absolute Gasteiger partial charge is 0.495 e. The highest BCUT2D eigenvalue weighted by atomic mass is 32.2. The fraction of sp³-hybridized carbons (Fsp3) is 0.438. The molecule has 2 heterocycles. The minimum atomic E-state index is -3.58. The average molecular weight is 335 g/mol. The minimum absolute atomic E-state index is 0.101. The molecule has 1 aromatic carbocycles. The zero-order chi connectivity index (χ0) is 16.4. The maximum Gasteiger partial charge on any atom is 0.246 e. The predicted molar refractivity (Wildman–Crippen MR) is 87.1 cm³/mol. The highest BCUT2D eigenvalue weighted by molar-refractivity contribution is 7.89. The van der Waals surface area contributed by atoms with Gasteiger partial charge < -0.3 is 9.72 Å². The van der Waals surface area contributed by atoms with Crippen LogP contribution >= 0.6 is 0 Å². The molecule has 1 aromatic heterocycles. The average Bonchev–Trinajstić information content (AvgIpc) is 3.09. The maximum atomic E-state index is 13.0. The summed E-state index contributed by atoms with van der Waals surface area (Å²) in [6, 6.07) is 5.22. The number of ether oxygens (including phenoxy) is 1. The van der Waals surface area contributed by atoms with Gasteiger partial charge in [-0.1, -0.05) is 6.07 Å². The molecule has 0 radical (unpaired) electrons. The number of sulfonamides is 1. The highest BCUT2D eigenvalue weighted by Crippen LogP contribution is 2.32. The Hall–Kier alpha value is -1.86. The monoisotopic (exact) mass is 335 g/mol. The van der Waals surface area contributed by atoms with E-state index >= 15 is 0 Å². The van der Waals surface area contributed by atoms with E-state index in [1.54, 1.807) is 28.8 Å². The number of benzene rings is 1. The maximum absolute atomic E-state index is 13.0. The topological polar surface area (TPSA) is 75.3 Å². The zero-order valence-electron chi connectivity index (χ0n) is 13.3. The molecule has 1 atom stereocenters. The van der Waals surface area contributed by atoms with E-state index in [4.69, 9.17) is 4.74 Å². The number of rotatable bonds is 4. The van der Waals surface area contributed by atoms with Gasteiger partial charge in [-0.15, -0.1) is 0 Å². The predicted octanol–water partition coefficient (Wildman–Crippen LogP) is 2.30. The molecule has 6 nitrogen and oxygen atoms in total. The van der Waals surface area contributed by atoms with E-state index in [0.717, 1.165) is 24.2 Å². The summed E-state index contributed by atoms with van der Waals surface area (Å²) in [7, 11) is -2.09. The Balaban J connectivity index is 1.92. The van der Waals surface area contributed by atoms with E-state index in [2.05, 4.69) is 9.97 Å². The summed E-state index contributed by atoms with van der Waals surface area (Å²) in [6.07, 6.45) is 5.22. The van der Waals surface area contributed by atoms with Crippen LogP contribution in [-0.2, 0) is 10.0 Å². The summed E-state index contributed by atoms with van der Waals surface area (Å²) < 4.78 is 32.9. The van der Waals surface area contributed by atoms with E-state index in [1.165, 1.54) is 7.11 Å². The van der Waals surface area contributed by atoms with Gasteiger partial charge in [0.15, 0.2) is 0 Å². The lowest BCUT2D eigenvalue weighted by Gasteiger charge is -2.31. The third kappa shape index (κ3) is 3.11. The first-order valence-electron chi connectivity index (χ1n) is 7.66. The number of methoxy groups -OCH3 is 1. The molecule has 0 amide bonds. The molecule has 0 aliphatic carbocycles. The quantitative estimate of drug-likeness (QED) is 0.930. The van der Waals surface area contributed by atoms with Gasteiger partial charge in [-0.3, -0.25) is 0 Å². The summed E-state index contributed by atoms with van der Waals surface area (Å²) in [5.41, 5.74) is 0.893. The van der Waals surface area contributed by atoms with Crippen LogP contribution in [0, 0.1) is 6.92 Å². The van der Waals surface area contributed by atoms with Gasteiger partial charge in [0.25, 0.3) is 0 Å². The van der Waals surface area contributed by atoms with Gasteiger partial charge in [-0.05, 0) is 37.5 Å². The van der Waals surface area contributed by atoms with Crippen molar-refractivity contribution in [2.24, 2.45) is 0 Å². The van der Waals surface area contributed by atoms with Gasteiger partial charge in [0, 0.05) is 31.4 Å². The number of aromatic nitrogens is 2. The number of hydrogen-bond donors (Lipinski definition) is 1. The number of nitrogens with zero attached hydrogens (tertiary/aromatic N) is 2. The standard InChI is InChI=1S/C16H21N3O3S/c1-12-5-6-14(22-2)15(10-12)23(20,21)19-9-3-4-13(11-19)16-17-7-8-18-16/h5-8,10,13H,3-4,9,11H2,1-2H3,(H,17,18). The summed E-state index contributed by atoms with van der Waals surface area (Å²) in [6.45, 7) is 2.84. The Morgan fingerprint density at radius 3 is 2.91 bits per heavy atom. The molecule has 1 aliphatic heterocycles. The molecule has 3 rings (SSSR count). The molecule has 1 aliphatic rings. The SMILES string of the molecule is COc1ccc(C)cc1S(=O)(=O)N1CCCC(c2ncc[nH]2)C1. The molecule has 2 aromatic rings. The van der Waals surface area contributed by atoms with Gasteiger partial charge >= 0.3 is 0 Å². The van der Waals surface area contributed by atoms with E-state index in [9.17, 15) is 8.42 Å². The van der Waals surface area contributed by atoms with Crippen molar-refractivity contribution in [1.29, 1.82) is 0 Å². The van der Waals surface area contributed by atoms with Crippen molar-refractivity contribution in [1.82, 2.24) is 14.3 Å². The summed E-state index contributed by atoms with van der Waals surface area (Å²) in [5.74, 6) is 1.33. The number of H-pyrrole nitrogens is 1. The first-order valence-corrected chi connectivity index (χ1v) is 9.10. The van der Waals surface area contributed by atoms with Gasteiger partial charge in [0.2, 0.25) is 10.0 Å². The van der Waals surface area contributed by atoms with Crippen LogP contribution in [0.4, 0.5) is 0 Å². The second-order valence-corrected chi connectivity index (χ2v) is 7.74. The van der Waals surface area contributed by atoms with Crippen LogP contribution in [0.5, 0.6) is 5.75 Å². The van der Waals surface area contributed by atoms with Crippen molar-refractivity contribution in [3.63, 3.8) is 0 Å². The zero-order valence-corrected chi connectivity index (χ0v) is 14.1. The Morgan fingerprint density at radius 1 is 1.39 bits per heavy atom. The molecule has 1 N–H and O–H groups in total. The number of nitrogens with one attached hydrogen (secondary N) is 1. The molecule has 0 bridgehead atoms. The van der Waals surface area contributed by atoms with Crippen molar-refractivity contribution in [3.8, 4) is 5.75 Å². The lowest BCUT2D eigenvalue weighted by molar-refractivity contribution is 0.308. The van der Waals surface area contributed by atoms with Crippen LogP contribution in [0.15, 0.2) is 35.5 Å². The first-order chi connectivity index (χ1) is 11.0. The molecule has 1 unspecified atom stereocenters. The van der Waals surface area contributed by atoms with E-state index in [0.29, 0.717) is 18.8 Å². The van der Waals surface area contributed by atoms with Crippen molar-refractivity contribution in [3.05, 3.63) is 42.0 Å². The molecule has 0 saturated carbocycles. The van der Waals surface area contributed by atoms with Crippen LogP contribution in [0.3, 0.4) is 0 Å². The molecule has 0 spiro atoms. The van der Waals surface area contributed by atoms with Gasteiger partial charge in [0.1, 0.15) is 16.5 Å². The third-order valence-electron chi connectivity index (χ3n) is 4.23. The Labute approximate surface area is 136 Å². The van der Waals surface area contributed by atoms with E-state index < -0.39 is 10.0 Å². The second-order valence-electron chi connectivity index (χ2n) is 5.83. The van der Waals surface area contributed by atoms with Crippen LogP contribution in [0.2, 0.25) is 0 Å². The molecular weight excluding hydrogens is 314 g/mol. The first kappa shape index (κ1) is 16.0. The molecule has 23 heavy (non-hydrogen) atoms. The number of aromatic amines is 1. The third-order valence-corrected chi connectivity index (χ3v) is 6.11. The highest BCUT2D eigenvalue weighted by Gasteiger charge is 2.33. The lowest BCUT2D eigenvalue weighted by Crippen LogP contribution is -2.39. The summed E-state index contributed by atoms with van der Waals surface area (Å²) in [5, 5.41) is 0. The lowest BCUT2D eigenvalue weighted by atomic mass is 9.99. The molecule has 124 valence electrons. The van der Waals surface area contributed by atoms with Crippen molar-refractivity contribution in [2.75, 3.05) is 20.2 Å². The van der Waals surface area contributed by atoms with Crippen molar-refractivity contribution >= 4 is 10.0 Å². The van der Waals surface area contributed by atoms with Crippen LogP contribution < -0.4 is 4.74 Å². The number of imidazole rings is 1. The Morgan fingerprint density at radius 2 is 2.22 bits per heavy atom. The molecule has 1 saturated heterocycles. The van der Waals surface area contributed by atoms with Crippen LogP contribution in [0.1, 0.15) is 30.1 Å². The van der Waals surface area contributed by atoms with Crippen LogP contribution in [0.25, 0.3) is 0 Å². The Bertz CT molecular complexity index is 772. The molecule has 1 fully saturated rings. The molecular formula is C16H21N3O3S. The van der Waals surface area contributed by atoms with E-state index in [-0.39, 0.29) is 10.8 Å². The summed E-state index contributed by atoms with van der Waals surface area (Å²) in [4.78, 5) is 7.60. The van der Waals surface area contributed by atoms with Crippen LogP contribution in [-0.4, -0.2) is 42.9 Å². The fourth-order valence-corrected chi connectivity index (χ4v) is 4.77. The van der Waals surface area contributed by atoms with Crippen molar-refractivity contribution < 1.29 is 13.2 Å². The van der Waals surface area contributed by atoms with E-state index in [1.807, 2.05) is 13.0 Å². The fourth-order valence-electron chi connectivity index (χ4n) is 3.01. The summed E-state index contributed by atoms with van der Waals surface area (Å²) >= 11 is 0. The Kier molecular flexibility index (Phi) is 4.41. The van der Waals surface area contributed by atoms with Crippen molar-refractivity contribution in [2.45, 2.75) is 30.6 Å². The van der Waals surface area contributed by atoms with Gasteiger partial charge in [0.05, 0.1) is 7.11 Å². The smallest absolute Gasteiger partial charge is 0.246 e. The van der Waals surface area contributed by atoms with Gasteiger partial charge in [-0.2, -0.15) is 4.31 Å². The number of aryl methyl sites for hydroxylation is 1. The van der Waals surface area contributed by atoms with Gasteiger partial charge in [-0.25, -0.2) is 13.4 Å². The normalized spacial score (nSPS) is 19.7. The molecule has 7 heteroatoms. The minimum Gasteiger partial charge on any atom is -0.495 e.